The van der Waals surface area contributed by atoms with Crippen LogP contribution >= 0.6 is 0 Å². The maximum atomic E-state index is 15.2. The maximum absolute atomic E-state index is 15.2. The minimum atomic E-state index is -1.18. The zero-order valence-corrected chi connectivity index (χ0v) is 43.7. The van der Waals surface area contributed by atoms with E-state index in [-0.39, 0.29) is 94.9 Å². The van der Waals surface area contributed by atoms with Crippen molar-refractivity contribution >= 4 is 53.2 Å². The van der Waals surface area contributed by atoms with Crippen molar-refractivity contribution in [1.82, 2.24) is 35.2 Å². The van der Waals surface area contributed by atoms with Crippen LogP contribution in [0.2, 0.25) is 0 Å². The minimum absolute atomic E-state index is 0.0202. The highest BCUT2D eigenvalue weighted by atomic mass is 19.1. The Labute approximate surface area is 440 Å². The summed E-state index contributed by atoms with van der Waals surface area (Å²) in [5, 5.41) is 18.0. The Morgan fingerprint density at radius 2 is 1.57 bits per heavy atom. The average Bonchev–Trinajstić information content (AvgIpc) is 3.92. The van der Waals surface area contributed by atoms with Gasteiger partial charge in [0.1, 0.15) is 42.7 Å². The van der Waals surface area contributed by atoms with E-state index in [2.05, 4.69) is 16.0 Å². The molecule has 4 atom stereocenters. The number of benzene rings is 2. The lowest BCUT2D eigenvalue weighted by Crippen LogP contribution is -2.49. The van der Waals surface area contributed by atoms with Gasteiger partial charge in [0.05, 0.1) is 12.1 Å². The number of carbonyl (C=O) groups is 9. The largest absolute Gasteiger partial charge is 0.461 e. The van der Waals surface area contributed by atoms with Crippen molar-refractivity contribution in [3.8, 4) is 11.1 Å². The molecule has 0 bridgehead atoms. The van der Waals surface area contributed by atoms with Crippen LogP contribution in [0.15, 0.2) is 72.9 Å². The summed E-state index contributed by atoms with van der Waals surface area (Å²) in [6, 6.07) is 10.4. The van der Waals surface area contributed by atoms with Crippen LogP contribution in [0.4, 0.5) is 13.6 Å². The number of esters is 1. The fraction of sp³-hybridized carbons (Fsp3) is 0.500. The van der Waals surface area contributed by atoms with Crippen LogP contribution in [0.25, 0.3) is 11.1 Å². The molecule has 3 aromatic rings. The Bertz CT molecular complexity index is 2590. The number of halogens is 2. The molecule has 20 nitrogen and oxygen atoms in total. The first kappa shape index (κ1) is 59.5. The molecule has 0 aliphatic carbocycles. The molecule has 0 spiro atoms. The number of aliphatic hydroxyl groups is 1. The second-order valence-electron chi connectivity index (χ2n) is 20.5. The number of piperidine rings is 1. The normalized spacial score (nSPS) is 15.5. The van der Waals surface area contributed by atoms with Gasteiger partial charge in [-0.1, -0.05) is 65.0 Å². The molecule has 8 amide bonds. The number of ketones is 1. The van der Waals surface area contributed by atoms with Crippen molar-refractivity contribution in [2.24, 2.45) is 28.7 Å². The number of imide groups is 1. The highest BCUT2D eigenvalue weighted by molar-refractivity contribution is 6.14. The van der Waals surface area contributed by atoms with Crippen molar-refractivity contribution in [3.63, 3.8) is 0 Å². The maximum Gasteiger partial charge on any atom is 0.328 e. The van der Waals surface area contributed by atoms with Crippen molar-refractivity contribution in [1.29, 1.82) is 0 Å². The number of Topliss-reactive ketones (excluding diaryl/α,β-unsaturated/α-hetero) is 1. The van der Waals surface area contributed by atoms with Gasteiger partial charge in [-0.05, 0) is 60.4 Å². The first-order chi connectivity index (χ1) is 36.0. The van der Waals surface area contributed by atoms with Crippen LogP contribution in [-0.2, 0) is 49.6 Å². The Hall–Kier alpha value is -7.33. The highest BCUT2D eigenvalue weighted by Crippen LogP contribution is 2.41. The summed E-state index contributed by atoms with van der Waals surface area (Å²) < 4.78 is 37.3. The van der Waals surface area contributed by atoms with Crippen LogP contribution in [0.5, 0.6) is 0 Å². The fourth-order valence-corrected chi connectivity index (χ4v) is 9.28. The number of aromatic nitrogens is 1. The van der Waals surface area contributed by atoms with Crippen molar-refractivity contribution in [3.05, 3.63) is 95.8 Å². The smallest absolute Gasteiger partial charge is 0.328 e. The van der Waals surface area contributed by atoms with Crippen LogP contribution in [0, 0.1) is 28.9 Å². The standard InChI is InChI=1S/C54H71F2N9O11/c1-33(2)39(50(72)61-43(12-9-21-60-53(58)75)52(74)76-38-18-23-62(24-19-38)47(70)31-65-45(68)15-16-46(65)69)28-37(67)17-22-59-51(73)42(57)20-25-64(48(71)32-66)49(54(3,4)5)44-26-35(40-27-36(55)13-14-41(40)56)30-63(44)29-34-10-7-6-8-11-34/h6-8,10-11,13-16,26-27,30,33,38-39,42-43,49,66H,9,12,17-25,28-29,31-32,57H2,1-5H3,(H,59,73)(H,61,72)(H3,58,60,75)/t39?,42-,43-,49-/m0/s1. The molecule has 76 heavy (non-hydrogen) atoms. The third-order valence-corrected chi connectivity index (χ3v) is 13.4. The van der Waals surface area contributed by atoms with Crippen LogP contribution < -0.4 is 27.4 Å². The summed E-state index contributed by atoms with van der Waals surface area (Å²) in [4.78, 5) is 120. The molecule has 22 heteroatoms. The van der Waals surface area contributed by atoms with Gasteiger partial charge in [-0.2, -0.15) is 0 Å². The lowest BCUT2D eigenvalue weighted by atomic mass is 9.82. The number of likely N-dealkylation sites (tertiary alicyclic amines) is 1. The first-order valence-corrected chi connectivity index (χ1v) is 25.5. The van der Waals surface area contributed by atoms with Gasteiger partial charge in [-0.25, -0.2) is 18.4 Å². The monoisotopic (exact) mass is 1060 g/mol. The number of ether oxygens (including phenoxy) is 1. The zero-order chi connectivity index (χ0) is 55.9. The topological polar surface area (TPSA) is 286 Å². The molecule has 1 fully saturated rings. The summed E-state index contributed by atoms with van der Waals surface area (Å²) in [6.45, 7) is 8.41. The molecule has 3 heterocycles. The number of hydrogen-bond acceptors (Lipinski definition) is 12. The molecule has 1 unspecified atom stereocenters. The van der Waals surface area contributed by atoms with Crippen molar-refractivity contribution in [2.75, 3.05) is 45.9 Å². The number of urea groups is 1. The number of primary amides is 1. The van der Waals surface area contributed by atoms with Gasteiger partial charge >= 0.3 is 12.0 Å². The Morgan fingerprint density at radius 1 is 0.895 bits per heavy atom. The number of nitrogens with zero attached hydrogens (tertiary/aromatic N) is 4. The lowest BCUT2D eigenvalue weighted by molar-refractivity contribution is -0.157. The molecular weight excluding hydrogens is 989 g/mol. The third-order valence-electron chi connectivity index (χ3n) is 13.4. The summed E-state index contributed by atoms with van der Waals surface area (Å²) in [6.07, 6.45) is 3.54. The van der Waals surface area contributed by atoms with E-state index < -0.39 is 108 Å². The first-order valence-electron chi connectivity index (χ1n) is 25.5. The molecule has 5 rings (SSSR count). The molecule has 412 valence electrons. The number of carbonyl (C=O) groups excluding carboxylic acids is 9. The molecule has 1 aromatic heterocycles. The highest BCUT2D eigenvalue weighted by Gasteiger charge is 2.38. The minimum Gasteiger partial charge on any atom is -0.461 e. The van der Waals surface area contributed by atoms with Crippen LogP contribution in [0.1, 0.15) is 96.9 Å². The number of amides is 8. The molecule has 0 saturated carbocycles. The molecule has 1 saturated heterocycles. The fourth-order valence-electron chi connectivity index (χ4n) is 9.28. The third kappa shape index (κ3) is 16.8. The zero-order valence-electron chi connectivity index (χ0n) is 43.7. The molecule has 0 radical (unpaired) electrons. The predicted octanol–water partition coefficient (Wildman–Crippen LogP) is 3.24. The van der Waals surface area contributed by atoms with E-state index in [4.69, 9.17) is 16.2 Å². The number of aliphatic hydroxyl groups excluding tert-OH is 1. The Kier molecular flexibility index (Phi) is 21.5. The van der Waals surface area contributed by atoms with Gasteiger partial charge in [-0.3, -0.25) is 38.5 Å². The second-order valence-corrected chi connectivity index (χ2v) is 20.5. The summed E-state index contributed by atoms with van der Waals surface area (Å²) in [5.41, 5.74) is 12.7. The van der Waals surface area contributed by atoms with E-state index in [1.165, 1.54) is 9.80 Å². The lowest BCUT2D eigenvalue weighted by Gasteiger charge is -2.41. The van der Waals surface area contributed by atoms with E-state index in [1.54, 1.807) is 26.1 Å². The van der Waals surface area contributed by atoms with Gasteiger partial charge in [-0.15, -0.1) is 0 Å². The summed E-state index contributed by atoms with van der Waals surface area (Å²) in [7, 11) is 0. The average molecular weight is 1060 g/mol. The number of rotatable bonds is 26. The van der Waals surface area contributed by atoms with Gasteiger partial charge in [0.2, 0.25) is 23.6 Å². The summed E-state index contributed by atoms with van der Waals surface area (Å²) >= 11 is 0. The molecule has 8 N–H and O–H groups in total. The molecule has 2 aliphatic heterocycles. The molecule has 2 aromatic carbocycles. The number of hydrogen-bond donors (Lipinski definition) is 6. The SMILES string of the molecule is CC(C)C(CC(=O)CCNC(=O)[C@@H](N)CCN(C(=O)CO)[C@@H](c1cc(-c2cc(F)ccc2F)cn1Cc1ccccc1)C(C)(C)C)C(=O)N[C@@H](CCCNC(N)=O)C(=O)OC1CCN(C(=O)CN2C(=O)C=CC2=O)CC1. The second kappa shape index (κ2) is 27.5. The predicted molar refractivity (Wildman–Crippen MR) is 275 cm³/mol. The molecule has 2 aliphatic rings. The van der Waals surface area contributed by atoms with E-state index >= 15 is 4.39 Å². The van der Waals surface area contributed by atoms with Gasteiger partial charge in [0.15, 0.2) is 0 Å². The van der Waals surface area contributed by atoms with E-state index in [0.717, 1.165) is 40.8 Å². The summed E-state index contributed by atoms with van der Waals surface area (Å²) in [5.74, 6) is -7.15. The van der Waals surface area contributed by atoms with E-state index in [0.29, 0.717) is 17.8 Å². The Balaban J connectivity index is 1.18. The van der Waals surface area contributed by atoms with E-state index in [9.17, 15) is 52.6 Å². The van der Waals surface area contributed by atoms with Gasteiger partial charge in [0.25, 0.3) is 11.8 Å². The molecular formula is C54H71F2N9O11. The van der Waals surface area contributed by atoms with Crippen LogP contribution in [-0.4, -0.2) is 142 Å². The quantitative estimate of drug-likeness (QED) is 0.0384. The van der Waals surface area contributed by atoms with Crippen LogP contribution in [0.3, 0.4) is 0 Å². The van der Waals surface area contributed by atoms with Gasteiger partial charge < -0.3 is 51.6 Å². The van der Waals surface area contributed by atoms with E-state index in [1.807, 2.05) is 55.7 Å². The Morgan fingerprint density at radius 3 is 2.18 bits per heavy atom. The number of nitrogens with two attached hydrogens (primary N) is 2. The number of nitrogens with one attached hydrogen (secondary N) is 3. The van der Waals surface area contributed by atoms with Crippen molar-refractivity contribution < 1.29 is 61.8 Å². The van der Waals surface area contributed by atoms with Crippen molar-refractivity contribution in [2.45, 2.75) is 110 Å². The van der Waals surface area contributed by atoms with Gasteiger partial charge in [0, 0.05) is 106 Å².